The molecule has 2 rings (SSSR count). The fourth-order valence-corrected chi connectivity index (χ4v) is 2.08. The summed E-state index contributed by atoms with van der Waals surface area (Å²) in [6.45, 7) is 2.19. The molecule has 1 heteroatoms. The lowest BCUT2D eigenvalue weighted by Crippen LogP contribution is -2.36. The Balaban J connectivity index is 2.14. The Hall–Kier alpha value is -0.850. The maximum absolute atomic E-state index is 10.9. The first-order valence-corrected chi connectivity index (χ1v) is 4.60. The van der Waals surface area contributed by atoms with E-state index in [0.717, 1.165) is 25.7 Å². The molecule has 0 heterocycles. The highest BCUT2D eigenvalue weighted by Crippen LogP contribution is 2.45. The van der Waals surface area contributed by atoms with Crippen LogP contribution in [0.1, 0.15) is 32.6 Å². The Morgan fingerprint density at radius 3 is 2.58 bits per heavy atom. The van der Waals surface area contributed by atoms with Gasteiger partial charge in [-0.05, 0) is 18.4 Å². The molecule has 1 nitrogen and oxygen atoms in total. The van der Waals surface area contributed by atoms with E-state index < -0.39 is 0 Å². The molecule has 0 N–H and O–H groups in total. The molecule has 0 aromatic heterocycles. The number of hydrogen-bond donors (Lipinski definition) is 0. The van der Waals surface area contributed by atoms with Crippen LogP contribution in [-0.2, 0) is 4.79 Å². The van der Waals surface area contributed by atoms with Crippen LogP contribution >= 0.6 is 0 Å². The van der Waals surface area contributed by atoms with Gasteiger partial charge < -0.3 is 0 Å². The van der Waals surface area contributed by atoms with Gasteiger partial charge in [-0.15, -0.1) is 0 Å². The molecule has 1 saturated carbocycles. The van der Waals surface area contributed by atoms with Gasteiger partial charge in [0.1, 0.15) is 5.78 Å². The van der Waals surface area contributed by atoms with Gasteiger partial charge in [-0.25, -0.2) is 0 Å². The smallest absolute Gasteiger partial charge is 0.134 e. The van der Waals surface area contributed by atoms with E-state index in [2.05, 4.69) is 25.2 Å². The lowest BCUT2D eigenvalue weighted by atomic mass is 9.64. The molecule has 0 bridgehead atoms. The van der Waals surface area contributed by atoms with Crippen molar-refractivity contribution in [2.24, 2.45) is 5.41 Å². The molecule has 12 heavy (non-hydrogen) atoms. The van der Waals surface area contributed by atoms with E-state index in [1.807, 2.05) is 0 Å². The predicted octanol–water partition coefficient (Wildman–Crippen LogP) is 2.63. The first kappa shape index (κ1) is 7.78. The van der Waals surface area contributed by atoms with E-state index in [1.165, 1.54) is 5.57 Å². The standard InChI is InChI=1S/C11H14O/c1-11(7-10(12)8-11)9-5-3-2-4-6-9/h3,5-6H,2,4,7-8H2,1H3. The Labute approximate surface area is 73.2 Å². The average Bonchev–Trinajstić information content (AvgIpc) is 2.04. The number of ketones is 1. The molecule has 0 unspecified atom stereocenters. The van der Waals surface area contributed by atoms with E-state index in [1.54, 1.807) is 0 Å². The van der Waals surface area contributed by atoms with Gasteiger partial charge in [-0.1, -0.05) is 25.2 Å². The van der Waals surface area contributed by atoms with Gasteiger partial charge in [0.2, 0.25) is 0 Å². The summed E-state index contributed by atoms with van der Waals surface area (Å²) in [4.78, 5) is 10.9. The molecular formula is C11H14O. The molecule has 2 aliphatic rings. The number of allylic oxidation sites excluding steroid dienone is 4. The van der Waals surface area contributed by atoms with E-state index in [0.29, 0.717) is 5.78 Å². The Bertz CT molecular complexity index is 263. The van der Waals surface area contributed by atoms with E-state index >= 15 is 0 Å². The van der Waals surface area contributed by atoms with Crippen molar-refractivity contribution >= 4 is 5.78 Å². The van der Waals surface area contributed by atoms with Crippen molar-refractivity contribution in [3.63, 3.8) is 0 Å². The van der Waals surface area contributed by atoms with E-state index in [-0.39, 0.29) is 5.41 Å². The zero-order valence-corrected chi connectivity index (χ0v) is 7.47. The summed E-state index contributed by atoms with van der Waals surface area (Å²) in [5, 5.41) is 0. The second-order valence-electron chi connectivity index (χ2n) is 4.09. The van der Waals surface area contributed by atoms with Crippen molar-refractivity contribution in [2.45, 2.75) is 32.6 Å². The van der Waals surface area contributed by atoms with Crippen molar-refractivity contribution in [2.75, 3.05) is 0 Å². The lowest BCUT2D eigenvalue weighted by molar-refractivity contribution is -0.129. The molecule has 0 aromatic rings. The maximum atomic E-state index is 10.9. The fraction of sp³-hybridized carbons (Fsp3) is 0.545. The minimum absolute atomic E-state index is 0.188. The van der Waals surface area contributed by atoms with Crippen molar-refractivity contribution < 1.29 is 4.79 Å². The molecule has 0 saturated heterocycles. The largest absolute Gasteiger partial charge is 0.300 e. The van der Waals surface area contributed by atoms with Crippen LogP contribution in [-0.4, -0.2) is 5.78 Å². The Morgan fingerprint density at radius 2 is 2.08 bits per heavy atom. The topological polar surface area (TPSA) is 17.1 Å². The number of Topliss-reactive ketones (excluding diaryl/α,β-unsaturated/α-hetero) is 1. The summed E-state index contributed by atoms with van der Waals surface area (Å²) >= 11 is 0. The second kappa shape index (κ2) is 2.58. The van der Waals surface area contributed by atoms with E-state index in [4.69, 9.17) is 0 Å². The summed E-state index contributed by atoms with van der Waals surface area (Å²) in [6.07, 6.45) is 10.5. The highest BCUT2D eigenvalue weighted by Gasteiger charge is 2.41. The molecule has 2 aliphatic carbocycles. The van der Waals surface area contributed by atoms with Gasteiger partial charge in [0, 0.05) is 18.3 Å². The van der Waals surface area contributed by atoms with Gasteiger partial charge in [-0.2, -0.15) is 0 Å². The maximum Gasteiger partial charge on any atom is 0.134 e. The number of carbonyl (C=O) groups excluding carboxylic acids is 1. The summed E-state index contributed by atoms with van der Waals surface area (Å²) in [6, 6.07) is 0. The number of carbonyl (C=O) groups is 1. The van der Waals surface area contributed by atoms with Crippen molar-refractivity contribution in [1.29, 1.82) is 0 Å². The van der Waals surface area contributed by atoms with Gasteiger partial charge in [-0.3, -0.25) is 4.79 Å². The van der Waals surface area contributed by atoms with Crippen LogP contribution in [0.25, 0.3) is 0 Å². The summed E-state index contributed by atoms with van der Waals surface area (Å²) in [5.74, 6) is 0.414. The highest BCUT2D eigenvalue weighted by atomic mass is 16.1. The van der Waals surface area contributed by atoms with Crippen molar-refractivity contribution in [1.82, 2.24) is 0 Å². The minimum Gasteiger partial charge on any atom is -0.300 e. The SMILES string of the molecule is CC1(C2=CCCC=C2)CC(=O)C1. The zero-order valence-electron chi connectivity index (χ0n) is 7.47. The minimum atomic E-state index is 0.188. The van der Waals surface area contributed by atoms with Crippen LogP contribution in [0.15, 0.2) is 23.8 Å². The Kier molecular flexibility index (Phi) is 1.67. The van der Waals surface area contributed by atoms with Crippen LogP contribution in [0.5, 0.6) is 0 Å². The van der Waals surface area contributed by atoms with Gasteiger partial charge in [0.25, 0.3) is 0 Å². The fourth-order valence-electron chi connectivity index (χ4n) is 2.08. The highest BCUT2D eigenvalue weighted by molar-refractivity contribution is 5.87. The third-order valence-corrected chi connectivity index (χ3v) is 2.87. The van der Waals surface area contributed by atoms with Crippen LogP contribution in [0, 0.1) is 5.41 Å². The van der Waals surface area contributed by atoms with Crippen LogP contribution in [0.2, 0.25) is 0 Å². The molecule has 1 fully saturated rings. The van der Waals surface area contributed by atoms with Crippen LogP contribution in [0.3, 0.4) is 0 Å². The first-order chi connectivity index (χ1) is 5.71. The predicted molar refractivity (Wildman–Crippen MR) is 48.8 cm³/mol. The summed E-state index contributed by atoms with van der Waals surface area (Å²) < 4.78 is 0. The van der Waals surface area contributed by atoms with E-state index in [9.17, 15) is 4.79 Å². The normalized spacial score (nSPS) is 26.4. The molecular weight excluding hydrogens is 148 g/mol. The molecule has 0 aromatic carbocycles. The quantitative estimate of drug-likeness (QED) is 0.579. The second-order valence-corrected chi connectivity index (χ2v) is 4.09. The van der Waals surface area contributed by atoms with Crippen LogP contribution < -0.4 is 0 Å². The molecule has 0 atom stereocenters. The first-order valence-electron chi connectivity index (χ1n) is 4.60. The van der Waals surface area contributed by atoms with Crippen molar-refractivity contribution in [3.05, 3.63) is 23.8 Å². The van der Waals surface area contributed by atoms with Crippen molar-refractivity contribution in [3.8, 4) is 0 Å². The van der Waals surface area contributed by atoms with Gasteiger partial charge >= 0.3 is 0 Å². The molecule has 0 aliphatic heterocycles. The molecule has 0 radical (unpaired) electrons. The van der Waals surface area contributed by atoms with Crippen LogP contribution in [0.4, 0.5) is 0 Å². The summed E-state index contributed by atoms with van der Waals surface area (Å²) in [5.41, 5.74) is 1.57. The van der Waals surface area contributed by atoms with Gasteiger partial charge in [0.05, 0.1) is 0 Å². The Morgan fingerprint density at radius 1 is 1.33 bits per heavy atom. The number of hydrogen-bond acceptors (Lipinski definition) is 1. The zero-order chi connectivity index (χ0) is 8.60. The van der Waals surface area contributed by atoms with Gasteiger partial charge in [0.15, 0.2) is 0 Å². The lowest BCUT2D eigenvalue weighted by Gasteiger charge is -2.38. The average molecular weight is 162 g/mol. The summed E-state index contributed by atoms with van der Waals surface area (Å²) in [7, 11) is 0. The molecule has 0 amide bonds. The third kappa shape index (κ3) is 1.13. The molecule has 0 spiro atoms. The third-order valence-electron chi connectivity index (χ3n) is 2.87. The number of rotatable bonds is 1. The molecule has 64 valence electrons. The monoisotopic (exact) mass is 162 g/mol.